The minimum absolute atomic E-state index is 0.200. The maximum Gasteiger partial charge on any atom is 0.344 e. The van der Waals surface area contributed by atoms with Crippen molar-refractivity contribution >= 4 is 17.6 Å². The lowest BCUT2D eigenvalue weighted by molar-refractivity contribution is -0.144. The molecule has 0 unspecified atom stereocenters. The zero-order valence-corrected chi connectivity index (χ0v) is 9.56. The van der Waals surface area contributed by atoms with Gasteiger partial charge in [-0.15, -0.1) is 0 Å². The van der Waals surface area contributed by atoms with Crippen LogP contribution in [0.15, 0.2) is 18.2 Å². The van der Waals surface area contributed by atoms with Gasteiger partial charge in [-0.3, -0.25) is 0 Å². The van der Waals surface area contributed by atoms with Gasteiger partial charge in [-0.25, -0.2) is 9.59 Å². The highest BCUT2D eigenvalue weighted by Crippen LogP contribution is 2.22. The molecule has 2 N–H and O–H groups in total. The lowest BCUT2D eigenvalue weighted by atomic mass is 10.2. The average molecular weight is 239 g/mol. The van der Waals surface area contributed by atoms with Crippen molar-refractivity contribution in [1.29, 1.82) is 0 Å². The second-order valence-corrected chi connectivity index (χ2v) is 3.11. The van der Waals surface area contributed by atoms with Crippen LogP contribution < -0.4 is 10.5 Å². The summed E-state index contributed by atoms with van der Waals surface area (Å²) in [4.78, 5) is 22.4. The first-order chi connectivity index (χ1) is 8.08. The summed E-state index contributed by atoms with van der Waals surface area (Å²) >= 11 is 0. The number of rotatable bonds is 4. The topological polar surface area (TPSA) is 87.9 Å². The molecule has 0 aliphatic heterocycles. The Kier molecular flexibility index (Phi) is 4.33. The summed E-state index contributed by atoms with van der Waals surface area (Å²) in [5.41, 5.74) is 6.20. The third-order valence-corrected chi connectivity index (χ3v) is 1.99. The number of hydrogen-bond acceptors (Lipinski definition) is 6. The summed E-state index contributed by atoms with van der Waals surface area (Å²) < 4.78 is 14.1. The summed E-state index contributed by atoms with van der Waals surface area (Å²) in [6.07, 6.45) is 0. The quantitative estimate of drug-likeness (QED) is 0.611. The molecule has 6 nitrogen and oxygen atoms in total. The molecule has 0 amide bonds. The van der Waals surface area contributed by atoms with Gasteiger partial charge in [0.05, 0.1) is 14.2 Å². The summed E-state index contributed by atoms with van der Waals surface area (Å²) in [5, 5.41) is 0. The predicted octanol–water partition coefficient (Wildman–Crippen LogP) is 0.607. The van der Waals surface area contributed by atoms with E-state index < -0.39 is 18.5 Å². The molecule has 0 spiro atoms. The molecule has 1 aromatic rings. The normalized spacial score (nSPS) is 9.53. The first-order valence-corrected chi connectivity index (χ1v) is 4.76. The molecular weight excluding hydrogens is 226 g/mol. The molecule has 0 atom stereocenters. The SMILES string of the molecule is COC(=O)COC(=O)c1ccc(N)cc1OC. The first-order valence-electron chi connectivity index (χ1n) is 4.76. The maximum absolute atomic E-state index is 11.6. The van der Waals surface area contributed by atoms with Gasteiger partial charge in [0.25, 0.3) is 0 Å². The molecule has 0 heterocycles. The van der Waals surface area contributed by atoms with Gasteiger partial charge in [0.2, 0.25) is 0 Å². The summed E-state index contributed by atoms with van der Waals surface area (Å²) in [6.45, 7) is -0.442. The number of carbonyl (C=O) groups excluding carboxylic acids is 2. The van der Waals surface area contributed by atoms with Gasteiger partial charge in [0, 0.05) is 11.8 Å². The number of nitrogen functional groups attached to an aromatic ring is 1. The lowest BCUT2D eigenvalue weighted by Crippen LogP contribution is -2.15. The second kappa shape index (κ2) is 5.74. The smallest absolute Gasteiger partial charge is 0.344 e. The summed E-state index contributed by atoms with van der Waals surface area (Å²) in [7, 11) is 2.62. The molecule has 1 rings (SSSR count). The number of anilines is 1. The fourth-order valence-corrected chi connectivity index (χ4v) is 1.14. The van der Waals surface area contributed by atoms with Crippen molar-refractivity contribution in [3.8, 4) is 5.75 Å². The largest absolute Gasteiger partial charge is 0.496 e. The molecule has 17 heavy (non-hydrogen) atoms. The molecule has 0 aliphatic rings. The molecule has 1 aromatic carbocycles. The van der Waals surface area contributed by atoms with Gasteiger partial charge in [0.15, 0.2) is 6.61 Å². The average Bonchev–Trinajstić information content (AvgIpc) is 2.35. The Morgan fingerprint density at radius 2 is 2.00 bits per heavy atom. The molecule has 6 heteroatoms. The Bertz CT molecular complexity index is 430. The molecule has 0 saturated carbocycles. The Hall–Kier alpha value is -2.24. The number of ether oxygens (including phenoxy) is 3. The Balaban J connectivity index is 2.78. The third kappa shape index (κ3) is 3.37. The maximum atomic E-state index is 11.6. The van der Waals surface area contributed by atoms with E-state index in [1.807, 2.05) is 0 Å². The van der Waals surface area contributed by atoms with Crippen LogP contribution in [-0.2, 0) is 14.3 Å². The van der Waals surface area contributed by atoms with Crippen molar-refractivity contribution in [2.24, 2.45) is 0 Å². The number of hydrogen-bond donors (Lipinski definition) is 1. The minimum Gasteiger partial charge on any atom is -0.496 e. The van der Waals surface area contributed by atoms with Gasteiger partial charge >= 0.3 is 11.9 Å². The molecule has 0 aromatic heterocycles. The van der Waals surface area contributed by atoms with Crippen LogP contribution in [0.4, 0.5) is 5.69 Å². The number of methoxy groups -OCH3 is 2. The van der Waals surface area contributed by atoms with E-state index in [0.717, 1.165) is 0 Å². The zero-order chi connectivity index (χ0) is 12.8. The highest BCUT2D eigenvalue weighted by atomic mass is 16.6. The van der Waals surface area contributed by atoms with E-state index in [1.54, 1.807) is 0 Å². The Labute approximate surface area is 98.3 Å². The van der Waals surface area contributed by atoms with Crippen LogP contribution in [0.25, 0.3) is 0 Å². The van der Waals surface area contributed by atoms with E-state index in [2.05, 4.69) is 4.74 Å². The van der Waals surface area contributed by atoms with Crippen molar-refractivity contribution in [2.75, 3.05) is 26.6 Å². The van der Waals surface area contributed by atoms with E-state index in [0.29, 0.717) is 11.4 Å². The van der Waals surface area contributed by atoms with Crippen molar-refractivity contribution in [3.63, 3.8) is 0 Å². The zero-order valence-electron chi connectivity index (χ0n) is 9.56. The molecule has 0 fully saturated rings. The van der Waals surface area contributed by atoms with Crippen LogP contribution in [0.2, 0.25) is 0 Å². The lowest BCUT2D eigenvalue weighted by Gasteiger charge is -2.08. The van der Waals surface area contributed by atoms with Gasteiger partial charge in [-0.2, -0.15) is 0 Å². The molecule has 0 bridgehead atoms. The fraction of sp³-hybridized carbons (Fsp3) is 0.273. The molecular formula is C11H13NO5. The highest BCUT2D eigenvalue weighted by Gasteiger charge is 2.15. The van der Waals surface area contributed by atoms with Crippen LogP contribution in [0.3, 0.4) is 0 Å². The summed E-state index contributed by atoms with van der Waals surface area (Å²) in [5.74, 6) is -1.01. The third-order valence-electron chi connectivity index (χ3n) is 1.99. The number of carbonyl (C=O) groups is 2. The summed E-state index contributed by atoms with van der Waals surface area (Å²) in [6, 6.07) is 4.50. The van der Waals surface area contributed by atoms with E-state index >= 15 is 0 Å². The van der Waals surface area contributed by atoms with Crippen LogP contribution in [0.1, 0.15) is 10.4 Å². The predicted molar refractivity (Wildman–Crippen MR) is 59.7 cm³/mol. The van der Waals surface area contributed by atoms with Crippen LogP contribution in [0, 0.1) is 0 Å². The van der Waals surface area contributed by atoms with Gasteiger partial charge < -0.3 is 19.9 Å². The molecule has 0 radical (unpaired) electrons. The van der Waals surface area contributed by atoms with Crippen LogP contribution in [-0.4, -0.2) is 32.8 Å². The van der Waals surface area contributed by atoms with Crippen molar-refractivity contribution in [1.82, 2.24) is 0 Å². The fourth-order valence-electron chi connectivity index (χ4n) is 1.14. The monoisotopic (exact) mass is 239 g/mol. The van der Waals surface area contributed by atoms with Gasteiger partial charge in [-0.1, -0.05) is 0 Å². The van der Waals surface area contributed by atoms with Crippen LogP contribution >= 0.6 is 0 Å². The number of nitrogens with two attached hydrogens (primary N) is 1. The Morgan fingerprint density at radius 1 is 1.29 bits per heavy atom. The van der Waals surface area contributed by atoms with E-state index in [-0.39, 0.29) is 5.56 Å². The second-order valence-electron chi connectivity index (χ2n) is 3.11. The van der Waals surface area contributed by atoms with Gasteiger partial charge in [0.1, 0.15) is 11.3 Å². The molecule has 0 aliphatic carbocycles. The van der Waals surface area contributed by atoms with E-state index in [9.17, 15) is 9.59 Å². The van der Waals surface area contributed by atoms with Crippen molar-refractivity contribution in [2.45, 2.75) is 0 Å². The van der Waals surface area contributed by atoms with Crippen LogP contribution in [0.5, 0.6) is 5.75 Å². The minimum atomic E-state index is -0.674. The number of benzene rings is 1. The first kappa shape index (κ1) is 12.8. The Morgan fingerprint density at radius 3 is 2.59 bits per heavy atom. The van der Waals surface area contributed by atoms with E-state index in [4.69, 9.17) is 15.2 Å². The van der Waals surface area contributed by atoms with E-state index in [1.165, 1.54) is 32.4 Å². The molecule has 92 valence electrons. The number of esters is 2. The van der Waals surface area contributed by atoms with Crippen molar-refractivity contribution < 1.29 is 23.8 Å². The highest BCUT2D eigenvalue weighted by molar-refractivity contribution is 5.94. The van der Waals surface area contributed by atoms with Crippen molar-refractivity contribution in [3.05, 3.63) is 23.8 Å². The standard InChI is InChI=1S/C11H13NO5/c1-15-9-5-7(12)3-4-8(9)11(14)17-6-10(13)16-2/h3-5H,6,12H2,1-2H3. The molecule has 0 saturated heterocycles. The van der Waals surface area contributed by atoms with Gasteiger partial charge in [-0.05, 0) is 12.1 Å².